The predicted molar refractivity (Wildman–Crippen MR) is 92.6 cm³/mol. The molecule has 0 amide bonds. The van der Waals surface area contributed by atoms with Crippen molar-refractivity contribution < 1.29 is 13.9 Å². The normalized spacial score (nSPS) is 18.1. The van der Waals surface area contributed by atoms with Gasteiger partial charge in [-0.15, -0.1) is 0 Å². The Kier molecular flexibility index (Phi) is 3.86. The van der Waals surface area contributed by atoms with Gasteiger partial charge in [0.1, 0.15) is 23.1 Å². The molecule has 124 valence electrons. The Hall–Kier alpha value is -2.53. The zero-order valence-electron chi connectivity index (χ0n) is 13.9. The van der Waals surface area contributed by atoms with E-state index in [1.807, 2.05) is 31.2 Å². The molecule has 0 aliphatic carbocycles. The molecule has 1 aliphatic rings. The van der Waals surface area contributed by atoms with E-state index < -0.39 is 0 Å². The molecule has 2 aromatic heterocycles. The molecule has 1 unspecified atom stereocenters. The molecule has 5 nitrogen and oxygen atoms in total. The van der Waals surface area contributed by atoms with Gasteiger partial charge in [0.25, 0.3) is 0 Å². The number of aromatic nitrogens is 1. The third-order valence-electron chi connectivity index (χ3n) is 4.40. The fraction of sp³-hybridized carbons (Fsp3) is 0.316. The molecule has 0 spiro atoms. The molecule has 1 aromatic carbocycles. The quantitative estimate of drug-likeness (QED) is 0.735. The van der Waals surface area contributed by atoms with Gasteiger partial charge in [-0.05, 0) is 31.2 Å². The van der Waals surface area contributed by atoms with Crippen LogP contribution in [0.15, 0.2) is 47.1 Å². The first-order chi connectivity index (χ1) is 11.8. The van der Waals surface area contributed by atoms with Crippen molar-refractivity contribution in [1.29, 1.82) is 0 Å². The number of para-hydroxylation sites is 1. The van der Waals surface area contributed by atoms with Crippen LogP contribution in [0.25, 0.3) is 10.9 Å². The molecule has 4 rings (SSSR count). The third kappa shape index (κ3) is 2.61. The topological polar surface area (TPSA) is 47.7 Å². The number of pyridine rings is 1. The Morgan fingerprint density at radius 3 is 2.96 bits per heavy atom. The minimum atomic E-state index is -0.0529. The van der Waals surface area contributed by atoms with Gasteiger partial charge in [0.05, 0.1) is 26.5 Å². The monoisotopic (exact) mass is 324 g/mol. The summed E-state index contributed by atoms with van der Waals surface area (Å²) in [5.41, 5.74) is 3.04. The standard InChI is InChI=1S/C19H20N2O3/c1-13-11-15(14-5-3-6-17(22-2)19(14)20-13)21-8-10-24-18(12-21)16-7-4-9-23-16/h3-7,9,11,18H,8,10,12H2,1-2H3. The molecule has 1 aliphatic heterocycles. The van der Waals surface area contributed by atoms with Gasteiger partial charge in [0.2, 0.25) is 0 Å². The number of benzene rings is 1. The van der Waals surface area contributed by atoms with Crippen LogP contribution in [-0.4, -0.2) is 31.8 Å². The second-order valence-electron chi connectivity index (χ2n) is 5.96. The van der Waals surface area contributed by atoms with Crippen molar-refractivity contribution in [3.05, 3.63) is 54.1 Å². The average molecular weight is 324 g/mol. The zero-order valence-corrected chi connectivity index (χ0v) is 13.9. The van der Waals surface area contributed by atoms with Crippen LogP contribution in [0.5, 0.6) is 5.75 Å². The highest BCUT2D eigenvalue weighted by Crippen LogP contribution is 2.34. The summed E-state index contributed by atoms with van der Waals surface area (Å²) in [4.78, 5) is 7.01. The minimum Gasteiger partial charge on any atom is -0.494 e. The lowest BCUT2D eigenvalue weighted by atomic mass is 10.1. The first-order valence-corrected chi connectivity index (χ1v) is 8.10. The first kappa shape index (κ1) is 15.0. The van der Waals surface area contributed by atoms with Crippen LogP contribution >= 0.6 is 0 Å². The van der Waals surface area contributed by atoms with Crippen LogP contribution in [0.2, 0.25) is 0 Å². The first-order valence-electron chi connectivity index (χ1n) is 8.10. The van der Waals surface area contributed by atoms with Crippen molar-refractivity contribution >= 4 is 16.6 Å². The number of ether oxygens (including phenoxy) is 2. The second-order valence-corrected chi connectivity index (χ2v) is 5.96. The third-order valence-corrected chi connectivity index (χ3v) is 4.40. The lowest BCUT2D eigenvalue weighted by molar-refractivity contribution is 0.0258. The van der Waals surface area contributed by atoms with Crippen molar-refractivity contribution in [1.82, 2.24) is 4.98 Å². The van der Waals surface area contributed by atoms with Gasteiger partial charge in [0.15, 0.2) is 0 Å². The number of hydrogen-bond acceptors (Lipinski definition) is 5. The number of anilines is 1. The average Bonchev–Trinajstić information content (AvgIpc) is 3.15. The maximum Gasteiger partial charge on any atom is 0.145 e. The van der Waals surface area contributed by atoms with Gasteiger partial charge in [-0.1, -0.05) is 12.1 Å². The van der Waals surface area contributed by atoms with Gasteiger partial charge in [-0.25, -0.2) is 4.98 Å². The molecule has 0 radical (unpaired) electrons. The van der Waals surface area contributed by atoms with Crippen LogP contribution in [0.1, 0.15) is 17.6 Å². The summed E-state index contributed by atoms with van der Waals surface area (Å²) in [5, 5.41) is 1.10. The number of methoxy groups -OCH3 is 1. The molecular formula is C19H20N2O3. The summed E-state index contributed by atoms with van der Waals surface area (Å²) >= 11 is 0. The summed E-state index contributed by atoms with van der Waals surface area (Å²) in [6, 6.07) is 12.0. The Balaban J connectivity index is 1.75. The number of hydrogen-bond donors (Lipinski definition) is 0. The maximum atomic E-state index is 5.89. The van der Waals surface area contributed by atoms with E-state index in [0.717, 1.165) is 46.9 Å². The summed E-state index contributed by atoms with van der Waals surface area (Å²) in [6.07, 6.45) is 1.64. The Morgan fingerprint density at radius 2 is 2.17 bits per heavy atom. The largest absolute Gasteiger partial charge is 0.494 e. The van der Waals surface area contributed by atoms with Crippen LogP contribution in [0.4, 0.5) is 5.69 Å². The number of furan rings is 1. The molecule has 0 N–H and O–H groups in total. The van der Waals surface area contributed by atoms with E-state index in [2.05, 4.69) is 22.0 Å². The van der Waals surface area contributed by atoms with Crippen molar-refractivity contribution in [2.45, 2.75) is 13.0 Å². The molecule has 3 aromatic rings. The summed E-state index contributed by atoms with van der Waals surface area (Å²) < 4.78 is 16.9. The molecule has 24 heavy (non-hydrogen) atoms. The number of nitrogens with zero attached hydrogens (tertiary/aromatic N) is 2. The number of rotatable bonds is 3. The van der Waals surface area contributed by atoms with Gasteiger partial charge in [-0.3, -0.25) is 0 Å². The van der Waals surface area contributed by atoms with Gasteiger partial charge in [-0.2, -0.15) is 0 Å². The molecular weight excluding hydrogens is 304 g/mol. The van der Waals surface area contributed by atoms with Crippen LogP contribution in [0.3, 0.4) is 0 Å². The summed E-state index contributed by atoms with van der Waals surface area (Å²) in [6.45, 7) is 4.27. The van der Waals surface area contributed by atoms with Gasteiger partial charge < -0.3 is 18.8 Å². The molecule has 5 heteroatoms. The smallest absolute Gasteiger partial charge is 0.145 e. The van der Waals surface area contributed by atoms with E-state index in [1.165, 1.54) is 0 Å². The van der Waals surface area contributed by atoms with Crippen LogP contribution < -0.4 is 9.64 Å². The summed E-state index contributed by atoms with van der Waals surface area (Å²) in [7, 11) is 1.68. The fourth-order valence-electron chi connectivity index (χ4n) is 3.27. The van der Waals surface area contributed by atoms with E-state index >= 15 is 0 Å². The fourth-order valence-corrected chi connectivity index (χ4v) is 3.27. The SMILES string of the molecule is COc1cccc2c(N3CCOC(c4ccco4)C3)cc(C)nc12. The lowest BCUT2D eigenvalue weighted by Gasteiger charge is -2.34. The van der Waals surface area contributed by atoms with E-state index in [-0.39, 0.29) is 6.10 Å². The van der Waals surface area contributed by atoms with Crippen molar-refractivity contribution in [3.63, 3.8) is 0 Å². The van der Waals surface area contributed by atoms with E-state index in [9.17, 15) is 0 Å². The Labute approximate surface area is 140 Å². The van der Waals surface area contributed by atoms with Crippen molar-refractivity contribution in [2.75, 3.05) is 31.7 Å². The van der Waals surface area contributed by atoms with Crippen LogP contribution in [-0.2, 0) is 4.74 Å². The van der Waals surface area contributed by atoms with Crippen molar-refractivity contribution in [3.8, 4) is 5.75 Å². The Morgan fingerprint density at radius 1 is 1.25 bits per heavy atom. The van der Waals surface area contributed by atoms with E-state index in [1.54, 1.807) is 13.4 Å². The predicted octanol–water partition coefficient (Wildman–Crippen LogP) is 3.72. The Bertz CT molecular complexity index is 845. The van der Waals surface area contributed by atoms with Crippen molar-refractivity contribution in [2.24, 2.45) is 0 Å². The maximum absolute atomic E-state index is 5.89. The van der Waals surface area contributed by atoms with Gasteiger partial charge in [0, 0.05) is 23.3 Å². The molecule has 1 atom stereocenters. The zero-order chi connectivity index (χ0) is 16.5. The van der Waals surface area contributed by atoms with E-state index in [4.69, 9.17) is 13.9 Å². The highest BCUT2D eigenvalue weighted by atomic mass is 16.5. The van der Waals surface area contributed by atoms with E-state index in [0.29, 0.717) is 6.61 Å². The van der Waals surface area contributed by atoms with Gasteiger partial charge >= 0.3 is 0 Å². The summed E-state index contributed by atoms with van der Waals surface area (Å²) in [5.74, 6) is 1.67. The highest BCUT2D eigenvalue weighted by Gasteiger charge is 2.25. The number of aryl methyl sites for hydroxylation is 1. The number of morpholine rings is 1. The molecule has 0 bridgehead atoms. The second kappa shape index (κ2) is 6.17. The highest BCUT2D eigenvalue weighted by molar-refractivity contribution is 5.95. The number of fused-ring (bicyclic) bond motifs is 1. The molecule has 0 saturated carbocycles. The minimum absolute atomic E-state index is 0.0529. The molecule has 1 fully saturated rings. The van der Waals surface area contributed by atoms with Crippen LogP contribution in [0, 0.1) is 6.92 Å². The molecule has 1 saturated heterocycles. The molecule has 3 heterocycles. The lowest BCUT2D eigenvalue weighted by Crippen LogP contribution is -2.38.